The van der Waals surface area contributed by atoms with E-state index in [0.29, 0.717) is 6.04 Å². The van der Waals surface area contributed by atoms with Gasteiger partial charge in [0.05, 0.1) is 6.10 Å². The van der Waals surface area contributed by atoms with E-state index in [1.165, 1.54) is 24.8 Å². The zero-order valence-electron chi connectivity index (χ0n) is 11.9. The van der Waals surface area contributed by atoms with E-state index in [1.807, 2.05) is 12.1 Å². The average molecular weight is 282 g/mol. The fourth-order valence-corrected chi connectivity index (χ4v) is 2.20. The van der Waals surface area contributed by atoms with Gasteiger partial charge in [0.1, 0.15) is 0 Å². The van der Waals surface area contributed by atoms with E-state index in [4.69, 9.17) is 16.3 Å². The van der Waals surface area contributed by atoms with Gasteiger partial charge < -0.3 is 10.1 Å². The Hall–Kier alpha value is -0.570. The first kappa shape index (κ1) is 14.8. The number of ether oxygens (including phenoxy) is 1. The van der Waals surface area contributed by atoms with Crippen LogP contribution in [-0.2, 0) is 4.74 Å². The van der Waals surface area contributed by atoms with Crippen molar-refractivity contribution >= 4 is 11.6 Å². The summed E-state index contributed by atoms with van der Waals surface area (Å²) in [6.45, 7) is 6.02. The molecule has 0 spiro atoms. The van der Waals surface area contributed by atoms with Crippen LogP contribution in [0.3, 0.4) is 0 Å². The molecule has 1 unspecified atom stereocenters. The number of nitrogens with one attached hydrogen (secondary N) is 1. The second-order valence-electron chi connectivity index (χ2n) is 5.71. The highest BCUT2D eigenvalue weighted by Gasteiger charge is 2.21. The van der Waals surface area contributed by atoms with Crippen molar-refractivity contribution in [1.29, 1.82) is 0 Å². The molecule has 1 atom stereocenters. The maximum absolute atomic E-state index is 6.06. The van der Waals surface area contributed by atoms with Crippen LogP contribution >= 0.6 is 11.6 Å². The van der Waals surface area contributed by atoms with Gasteiger partial charge in [0.15, 0.2) is 0 Å². The lowest BCUT2D eigenvalue weighted by molar-refractivity contribution is 0.0473. The van der Waals surface area contributed by atoms with Gasteiger partial charge in [0.2, 0.25) is 0 Å². The molecule has 106 valence electrons. The summed E-state index contributed by atoms with van der Waals surface area (Å²) in [6.07, 6.45) is 4.10. The van der Waals surface area contributed by atoms with Crippen molar-refractivity contribution in [2.75, 3.05) is 13.2 Å². The van der Waals surface area contributed by atoms with Crippen LogP contribution in [0.25, 0.3) is 0 Å². The Balaban J connectivity index is 1.88. The first-order valence-corrected chi connectivity index (χ1v) is 7.63. The normalized spacial score (nSPS) is 16.8. The quantitative estimate of drug-likeness (QED) is 0.771. The van der Waals surface area contributed by atoms with Gasteiger partial charge >= 0.3 is 0 Å². The SMILES string of the molecule is CC(C)NCC(OCCC1CC1)c1ccc(Cl)cc1. The Labute approximate surface area is 121 Å². The lowest BCUT2D eigenvalue weighted by Crippen LogP contribution is -2.29. The highest BCUT2D eigenvalue weighted by atomic mass is 35.5. The zero-order chi connectivity index (χ0) is 13.7. The molecule has 1 fully saturated rings. The van der Waals surface area contributed by atoms with Crippen LogP contribution in [0.4, 0.5) is 0 Å². The molecule has 2 nitrogen and oxygen atoms in total. The minimum atomic E-state index is 0.124. The van der Waals surface area contributed by atoms with Gasteiger partial charge in [0.25, 0.3) is 0 Å². The van der Waals surface area contributed by atoms with E-state index in [1.54, 1.807) is 0 Å². The number of rotatable bonds is 8. The fraction of sp³-hybridized carbons (Fsp3) is 0.625. The Kier molecular flexibility index (Phi) is 5.68. The number of hydrogen-bond donors (Lipinski definition) is 1. The summed E-state index contributed by atoms with van der Waals surface area (Å²) in [4.78, 5) is 0. The van der Waals surface area contributed by atoms with E-state index in [-0.39, 0.29) is 6.10 Å². The van der Waals surface area contributed by atoms with E-state index in [0.717, 1.165) is 24.1 Å². The molecular weight excluding hydrogens is 258 g/mol. The first-order chi connectivity index (χ1) is 9.15. The van der Waals surface area contributed by atoms with Gasteiger partial charge in [-0.15, -0.1) is 0 Å². The second-order valence-corrected chi connectivity index (χ2v) is 6.14. The van der Waals surface area contributed by atoms with Crippen molar-refractivity contribution in [2.45, 2.75) is 45.3 Å². The second kappa shape index (κ2) is 7.28. The molecule has 0 amide bonds. The van der Waals surface area contributed by atoms with Crippen molar-refractivity contribution in [2.24, 2.45) is 5.92 Å². The number of hydrogen-bond acceptors (Lipinski definition) is 2. The molecule has 2 rings (SSSR count). The third kappa shape index (κ3) is 5.52. The molecule has 0 aromatic heterocycles. The smallest absolute Gasteiger partial charge is 0.0949 e. The molecule has 0 radical (unpaired) electrons. The molecule has 0 aliphatic heterocycles. The third-order valence-electron chi connectivity index (χ3n) is 3.50. The van der Waals surface area contributed by atoms with Crippen molar-refractivity contribution < 1.29 is 4.74 Å². The monoisotopic (exact) mass is 281 g/mol. The maximum atomic E-state index is 6.06. The molecule has 1 aromatic carbocycles. The van der Waals surface area contributed by atoms with E-state index < -0.39 is 0 Å². The summed E-state index contributed by atoms with van der Waals surface area (Å²) >= 11 is 5.94. The van der Waals surface area contributed by atoms with Crippen molar-refractivity contribution in [3.05, 3.63) is 34.9 Å². The number of benzene rings is 1. The molecule has 1 saturated carbocycles. The lowest BCUT2D eigenvalue weighted by atomic mass is 10.1. The number of halogens is 1. The summed E-state index contributed by atoms with van der Waals surface area (Å²) in [5, 5.41) is 4.23. The minimum absolute atomic E-state index is 0.124. The molecule has 0 heterocycles. The molecule has 0 bridgehead atoms. The van der Waals surface area contributed by atoms with Crippen LogP contribution in [0.15, 0.2) is 24.3 Å². The van der Waals surface area contributed by atoms with Crippen LogP contribution in [-0.4, -0.2) is 19.2 Å². The van der Waals surface area contributed by atoms with Crippen LogP contribution in [0, 0.1) is 5.92 Å². The van der Waals surface area contributed by atoms with Crippen LogP contribution < -0.4 is 5.32 Å². The highest BCUT2D eigenvalue weighted by molar-refractivity contribution is 6.30. The topological polar surface area (TPSA) is 21.3 Å². The Morgan fingerprint density at radius 1 is 1.26 bits per heavy atom. The standard InChI is InChI=1S/C16H24ClNO/c1-12(2)18-11-16(19-10-9-13-3-4-13)14-5-7-15(17)8-6-14/h5-8,12-13,16,18H,3-4,9-11H2,1-2H3. The van der Waals surface area contributed by atoms with E-state index in [2.05, 4.69) is 31.3 Å². The largest absolute Gasteiger partial charge is 0.372 e. The molecule has 3 heteroatoms. The van der Waals surface area contributed by atoms with E-state index >= 15 is 0 Å². The van der Waals surface area contributed by atoms with E-state index in [9.17, 15) is 0 Å². The Morgan fingerprint density at radius 3 is 2.53 bits per heavy atom. The summed E-state index contributed by atoms with van der Waals surface area (Å²) in [7, 11) is 0. The molecule has 19 heavy (non-hydrogen) atoms. The van der Waals surface area contributed by atoms with Gasteiger partial charge in [-0.2, -0.15) is 0 Å². The van der Waals surface area contributed by atoms with Crippen molar-refractivity contribution in [3.8, 4) is 0 Å². The van der Waals surface area contributed by atoms with Crippen molar-refractivity contribution in [3.63, 3.8) is 0 Å². The van der Waals surface area contributed by atoms with Crippen molar-refractivity contribution in [1.82, 2.24) is 5.32 Å². The highest BCUT2D eigenvalue weighted by Crippen LogP contribution is 2.32. The summed E-state index contributed by atoms with van der Waals surface area (Å²) in [5.74, 6) is 0.920. The molecule has 0 saturated heterocycles. The first-order valence-electron chi connectivity index (χ1n) is 7.25. The Bertz CT molecular complexity index is 373. The summed E-state index contributed by atoms with van der Waals surface area (Å²) < 4.78 is 6.06. The van der Waals surface area contributed by atoms with Gasteiger partial charge in [-0.1, -0.05) is 50.4 Å². The van der Waals surface area contributed by atoms with Gasteiger partial charge in [0, 0.05) is 24.2 Å². The Morgan fingerprint density at radius 2 is 1.95 bits per heavy atom. The minimum Gasteiger partial charge on any atom is -0.372 e. The zero-order valence-corrected chi connectivity index (χ0v) is 12.6. The molecule has 1 aromatic rings. The molecule has 1 aliphatic carbocycles. The van der Waals surface area contributed by atoms with Crippen LogP contribution in [0.2, 0.25) is 5.02 Å². The predicted octanol–water partition coefficient (Wildman–Crippen LogP) is 4.20. The maximum Gasteiger partial charge on any atom is 0.0949 e. The molecule has 1 N–H and O–H groups in total. The summed E-state index contributed by atoms with van der Waals surface area (Å²) in [5.41, 5.74) is 1.20. The van der Waals surface area contributed by atoms with Crippen LogP contribution in [0.5, 0.6) is 0 Å². The summed E-state index contributed by atoms with van der Waals surface area (Å²) in [6, 6.07) is 8.47. The van der Waals surface area contributed by atoms with Crippen LogP contribution in [0.1, 0.15) is 44.8 Å². The molecule has 1 aliphatic rings. The average Bonchev–Trinajstić information content (AvgIpc) is 3.18. The van der Waals surface area contributed by atoms with Gasteiger partial charge in [-0.3, -0.25) is 0 Å². The van der Waals surface area contributed by atoms with Gasteiger partial charge in [-0.25, -0.2) is 0 Å². The fourth-order valence-electron chi connectivity index (χ4n) is 2.08. The molecular formula is C16H24ClNO. The third-order valence-corrected chi connectivity index (χ3v) is 3.75. The lowest BCUT2D eigenvalue weighted by Gasteiger charge is -2.20. The van der Waals surface area contributed by atoms with Gasteiger partial charge in [-0.05, 0) is 30.0 Å². The predicted molar refractivity (Wildman–Crippen MR) is 80.6 cm³/mol.